The van der Waals surface area contributed by atoms with Gasteiger partial charge in [-0.25, -0.2) is 0 Å². The molecule has 2 aliphatic rings. The van der Waals surface area contributed by atoms with Gasteiger partial charge < -0.3 is 10.2 Å². The molecule has 2 heteroatoms. The van der Waals surface area contributed by atoms with Crippen LogP contribution < -0.4 is 5.32 Å². The normalized spacial score (nSPS) is 31.6. The summed E-state index contributed by atoms with van der Waals surface area (Å²) in [6.45, 7) is 8.64. The number of unbranched alkanes of at least 4 members (excludes halogenated alkanes) is 1. The average Bonchev–Trinajstić information content (AvgIpc) is 2.39. The summed E-state index contributed by atoms with van der Waals surface area (Å²) < 4.78 is 0. The zero-order chi connectivity index (χ0) is 11.9. The molecule has 2 fully saturated rings. The number of nitrogens with zero attached hydrogens (tertiary/aromatic N) is 1. The minimum atomic E-state index is 1.01. The van der Waals surface area contributed by atoms with Crippen molar-refractivity contribution in [2.45, 2.75) is 51.9 Å². The van der Waals surface area contributed by atoms with E-state index in [-0.39, 0.29) is 0 Å². The molecular formula is C15H30N2. The molecular weight excluding hydrogens is 208 g/mol. The molecule has 0 aromatic rings. The van der Waals surface area contributed by atoms with E-state index in [0.29, 0.717) is 0 Å². The summed E-state index contributed by atoms with van der Waals surface area (Å²) in [5.74, 6) is 2.07. The van der Waals surface area contributed by atoms with E-state index in [1.54, 1.807) is 0 Å². The molecule has 0 atom stereocenters. The summed E-state index contributed by atoms with van der Waals surface area (Å²) in [6, 6.07) is 0. The molecule has 0 aromatic heterocycles. The monoisotopic (exact) mass is 238 g/mol. The third-order valence-electron chi connectivity index (χ3n) is 4.66. The van der Waals surface area contributed by atoms with Crippen molar-refractivity contribution in [3.05, 3.63) is 0 Å². The second kappa shape index (κ2) is 7.38. The number of nitrogens with one attached hydrogen (secondary N) is 1. The first-order chi connectivity index (χ1) is 8.38. The van der Waals surface area contributed by atoms with E-state index in [9.17, 15) is 0 Å². The van der Waals surface area contributed by atoms with Gasteiger partial charge in [-0.2, -0.15) is 0 Å². The van der Waals surface area contributed by atoms with Gasteiger partial charge in [0, 0.05) is 32.7 Å². The van der Waals surface area contributed by atoms with Gasteiger partial charge in [0.15, 0.2) is 0 Å². The van der Waals surface area contributed by atoms with E-state index >= 15 is 0 Å². The fraction of sp³-hybridized carbons (Fsp3) is 1.00. The quantitative estimate of drug-likeness (QED) is 0.792. The molecule has 0 radical (unpaired) electrons. The third-order valence-corrected chi connectivity index (χ3v) is 4.66. The first kappa shape index (κ1) is 13.4. The van der Waals surface area contributed by atoms with Crippen LogP contribution in [0, 0.1) is 11.8 Å². The van der Waals surface area contributed by atoms with Crippen LogP contribution >= 0.6 is 0 Å². The van der Waals surface area contributed by atoms with E-state index in [4.69, 9.17) is 0 Å². The zero-order valence-corrected chi connectivity index (χ0v) is 11.6. The first-order valence-corrected chi connectivity index (χ1v) is 7.81. The van der Waals surface area contributed by atoms with Crippen LogP contribution in [0.2, 0.25) is 0 Å². The summed E-state index contributed by atoms with van der Waals surface area (Å²) in [5.41, 5.74) is 0. The third kappa shape index (κ3) is 4.59. The van der Waals surface area contributed by atoms with Crippen LogP contribution in [-0.2, 0) is 0 Å². The van der Waals surface area contributed by atoms with Crippen molar-refractivity contribution in [3.63, 3.8) is 0 Å². The van der Waals surface area contributed by atoms with Gasteiger partial charge in [-0.1, -0.05) is 39.0 Å². The maximum Gasteiger partial charge on any atom is 0.0107 e. The fourth-order valence-corrected chi connectivity index (χ4v) is 3.45. The van der Waals surface area contributed by atoms with Gasteiger partial charge in [0.05, 0.1) is 0 Å². The minimum Gasteiger partial charge on any atom is -0.314 e. The van der Waals surface area contributed by atoms with Crippen molar-refractivity contribution < 1.29 is 0 Å². The molecule has 17 heavy (non-hydrogen) atoms. The van der Waals surface area contributed by atoms with Crippen LogP contribution in [0.5, 0.6) is 0 Å². The second-order valence-corrected chi connectivity index (χ2v) is 6.08. The summed E-state index contributed by atoms with van der Waals surface area (Å²) in [4.78, 5) is 2.67. The van der Waals surface area contributed by atoms with Crippen LogP contribution in [-0.4, -0.2) is 37.6 Å². The Balaban J connectivity index is 1.61. The van der Waals surface area contributed by atoms with Crippen LogP contribution in [0.1, 0.15) is 51.9 Å². The Hall–Kier alpha value is -0.0800. The molecule has 1 aliphatic carbocycles. The molecule has 0 aromatic carbocycles. The Kier molecular flexibility index (Phi) is 5.79. The highest BCUT2D eigenvalue weighted by Gasteiger charge is 2.23. The van der Waals surface area contributed by atoms with Crippen molar-refractivity contribution in [3.8, 4) is 0 Å². The zero-order valence-electron chi connectivity index (χ0n) is 11.6. The Bertz CT molecular complexity index is 191. The molecule has 1 aliphatic heterocycles. The predicted octanol–water partition coefficient (Wildman–Crippen LogP) is 2.89. The van der Waals surface area contributed by atoms with Crippen LogP contribution in [0.4, 0.5) is 0 Å². The Morgan fingerprint density at radius 1 is 1.00 bits per heavy atom. The lowest BCUT2D eigenvalue weighted by atomic mass is 9.79. The highest BCUT2D eigenvalue weighted by Crippen LogP contribution is 2.32. The van der Waals surface area contributed by atoms with Crippen molar-refractivity contribution in [2.75, 3.05) is 32.7 Å². The van der Waals surface area contributed by atoms with Gasteiger partial charge in [0.25, 0.3) is 0 Å². The number of hydrogen-bond acceptors (Lipinski definition) is 2. The summed E-state index contributed by atoms with van der Waals surface area (Å²) in [6.07, 6.45) is 10.3. The molecule has 0 spiro atoms. The van der Waals surface area contributed by atoms with Gasteiger partial charge in [0.1, 0.15) is 0 Å². The lowest BCUT2D eigenvalue weighted by molar-refractivity contribution is 0.163. The first-order valence-electron chi connectivity index (χ1n) is 7.81. The van der Waals surface area contributed by atoms with Crippen molar-refractivity contribution in [2.24, 2.45) is 11.8 Å². The van der Waals surface area contributed by atoms with Crippen molar-refractivity contribution in [1.29, 1.82) is 0 Å². The Labute approximate surface area is 107 Å². The van der Waals surface area contributed by atoms with Crippen LogP contribution in [0.25, 0.3) is 0 Å². The SMILES string of the molecule is CCCCC1CCC(CN2CCNCC2)CC1. The Morgan fingerprint density at radius 2 is 1.65 bits per heavy atom. The fourth-order valence-electron chi connectivity index (χ4n) is 3.45. The minimum absolute atomic E-state index is 1.01. The smallest absolute Gasteiger partial charge is 0.0107 e. The maximum absolute atomic E-state index is 3.44. The second-order valence-electron chi connectivity index (χ2n) is 6.08. The van der Waals surface area contributed by atoms with E-state index in [1.807, 2.05) is 0 Å². The van der Waals surface area contributed by atoms with E-state index in [0.717, 1.165) is 11.8 Å². The Morgan fingerprint density at radius 3 is 2.29 bits per heavy atom. The van der Waals surface area contributed by atoms with Gasteiger partial charge in [-0.3, -0.25) is 0 Å². The van der Waals surface area contributed by atoms with Gasteiger partial charge in [0.2, 0.25) is 0 Å². The molecule has 1 saturated carbocycles. The van der Waals surface area contributed by atoms with Crippen LogP contribution in [0.15, 0.2) is 0 Å². The topological polar surface area (TPSA) is 15.3 Å². The standard InChI is InChI=1S/C15H30N2/c1-2-3-4-14-5-7-15(8-6-14)13-17-11-9-16-10-12-17/h14-16H,2-13H2,1H3. The van der Waals surface area contributed by atoms with Gasteiger partial charge >= 0.3 is 0 Å². The molecule has 2 rings (SSSR count). The molecule has 1 N–H and O–H groups in total. The molecule has 0 amide bonds. The molecule has 2 nitrogen and oxygen atoms in total. The van der Waals surface area contributed by atoms with Crippen molar-refractivity contribution in [1.82, 2.24) is 10.2 Å². The largest absolute Gasteiger partial charge is 0.314 e. The summed E-state index contributed by atoms with van der Waals surface area (Å²) in [7, 11) is 0. The van der Waals surface area contributed by atoms with E-state index < -0.39 is 0 Å². The highest BCUT2D eigenvalue weighted by atomic mass is 15.2. The molecule has 0 bridgehead atoms. The number of rotatable bonds is 5. The van der Waals surface area contributed by atoms with Gasteiger partial charge in [-0.15, -0.1) is 0 Å². The lowest BCUT2D eigenvalue weighted by Crippen LogP contribution is -2.45. The van der Waals surface area contributed by atoms with Crippen LogP contribution in [0.3, 0.4) is 0 Å². The van der Waals surface area contributed by atoms with Gasteiger partial charge in [-0.05, 0) is 24.7 Å². The summed E-state index contributed by atoms with van der Waals surface area (Å²) >= 11 is 0. The van der Waals surface area contributed by atoms with E-state index in [1.165, 1.54) is 77.7 Å². The molecule has 0 unspecified atom stereocenters. The lowest BCUT2D eigenvalue weighted by Gasteiger charge is -2.34. The predicted molar refractivity (Wildman–Crippen MR) is 74.3 cm³/mol. The highest BCUT2D eigenvalue weighted by molar-refractivity contribution is 4.77. The summed E-state index contributed by atoms with van der Waals surface area (Å²) in [5, 5.41) is 3.44. The number of piperazine rings is 1. The average molecular weight is 238 g/mol. The number of hydrogen-bond donors (Lipinski definition) is 1. The maximum atomic E-state index is 3.44. The van der Waals surface area contributed by atoms with Crippen molar-refractivity contribution >= 4 is 0 Å². The molecule has 1 heterocycles. The molecule has 1 saturated heterocycles. The molecule has 100 valence electrons. The van der Waals surface area contributed by atoms with E-state index in [2.05, 4.69) is 17.1 Å².